The molecule has 0 atom stereocenters. The van der Waals surface area contributed by atoms with Gasteiger partial charge in [-0.15, -0.1) is 0 Å². The Morgan fingerprint density at radius 3 is 2.79 bits per heavy atom. The third-order valence-corrected chi connectivity index (χ3v) is 3.94. The average Bonchev–Trinajstić information content (AvgIpc) is 2.83. The molecule has 1 aromatic heterocycles. The number of nitrogens with one attached hydrogen (secondary N) is 2. The Balaban J connectivity index is 2.48. The number of benzene rings is 1. The van der Waals surface area contributed by atoms with E-state index in [1.807, 2.05) is 0 Å². The lowest BCUT2D eigenvalue weighted by atomic mass is 10.2. The van der Waals surface area contributed by atoms with E-state index in [4.69, 9.17) is 17.3 Å². The van der Waals surface area contributed by atoms with Gasteiger partial charge in [-0.1, -0.05) is 11.6 Å². The molecule has 1 heterocycles. The molecule has 0 radical (unpaired) electrons. The molecule has 0 spiro atoms. The van der Waals surface area contributed by atoms with Crippen molar-refractivity contribution in [2.45, 2.75) is 11.4 Å². The van der Waals surface area contributed by atoms with E-state index >= 15 is 0 Å². The molecule has 0 saturated heterocycles. The van der Waals surface area contributed by atoms with E-state index in [-0.39, 0.29) is 22.8 Å². The van der Waals surface area contributed by atoms with Crippen LogP contribution in [0, 0.1) is 5.82 Å². The van der Waals surface area contributed by atoms with E-state index in [1.54, 1.807) is 0 Å². The monoisotopic (exact) mass is 304 g/mol. The first-order chi connectivity index (χ1) is 8.94. The smallest absolute Gasteiger partial charge is 0.264 e. The van der Waals surface area contributed by atoms with Crippen molar-refractivity contribution < 1.29 is 12.8 Å². The van der Waals surface area contributed by atoms with Crippen LogP contribution in [0.15, 0.2) is 29.4 Å². The van der Waals surface area contributed by atoms with Crippen LogP contribution in [-0.4, -0.2) is 18.6 Å². The Bertz CT molecular complexity index is 688. The van der Waals surface area contributed by atoms with Crippen LogP contribution in [0.3, 0.4) is 0 Å². The van der Waals surface area contributed by atoms with Crippen molar-refractivity contribution in [3.05, 3.63) is 40.9 Å². The number of nitrogens with zero attached hydrogens (tertiary/aromatic N) is 1. The lowest BCUT2D eigenvalue weighted by molar-refractivity contribution is 0.561. The number of rotatable bonds is 4. The number of anilines is 1. The molecule has 6 nitrogen and oxygen atoms in total. The second-order valence-corrected chi connectivity index (χ2v) is 5.76. The highest BCUT2D eigenvalue weighted by Gasteiger charge is 2.22. The van der Waals surface area contributed by atoms with Crippen molar-refractivity contribution >= 4 is 27.3 Å². The Kier molecular flexibility index (Phi) is 3.74. The number of aromatic nitrogens is 2. The fourth-order valence-electron chi connectivity index (χ4n) is 1.48. The molecule has 1 aromatic carbocycles. The van der Waals surface area contributed by atoms with Crippen LogP contribution in [0.2, 0.25) is 5.02 Å². The molecule has 2 aromatic rings. The van der Waals surface area contributed by atoms with Crippen molar-refractivity contribution in [3.8, 4) is 0 Å². The van der Waals surface area contributed by atoms with E-state index in [1.165, 1.54) is 18.5 Å². The van der Waals surface area contributed by atoms with Crippen LogP contribution in [0.25, 0.3) is 0 Å². The van der Waals surface area contributed by atoms with Crippen molar-refractivity contribution in [1.82, 2.24) is 10.2 Å². The predicted octanol–water partition coefficient (Wildman–Crippen LogP) is 1.46. The summed E-state index contributed by atoms with van der Waals surface area (Å²) in [4.78, 5) is -0.554. The zero-order valence-corrected chi connectivity index (χ0v) is 11.1. The van der Waals surface area contributed by atoms with Crippen molar-refractivity contribution in [2.24, 2.45) is 5.73 Å². The molecule has 0 aliphatic rings. The van der Waals surface area contributed by atoms with Gasteiger partial charge in [-0.25, -0.2) is 12.8 Å². The molecule has 19 heavy (non-hydrogen) atoms. The van der Waals surface area contributed by atoms with Crippen molar-refractivity contribution in [2.75, 3.05) is 4.72 Å². The van der Waals surface area contributed by atoms with Crippen LogP contribution in [0.1, 0.15) is 5.56 Å². The molecule has 102 valence electrons. The molecule has 2 rings (SSSR count). The summed E-state index contributed by atoms with van der Waals surface area (Å²) < 4.78 is 40.3. The topological polar surface area (TPSA) is 101 Å². The Morgan fingerprint density at radius 2 is 2.21 bits per heavy atom. The lowest BCUT2D eigenvalue weighted by Crippen LogP contribution is -2.16. The van der Waals surface area contributed by atoms with Gasteiger partial charge in [-0.05, 0) is 12.1 Å². The third-order valence-electron chi connectivity index (χ3n) is 2.34. The van der Waals surface area contributed by atoms with Crippen LogP contribution in [0.5, 0.6) is 0 Å². The summed E-state index contributed by atoms with van der Waals surface area (Å²) >= 11 is 5.76. The maximum absolute atomic E-state index is 14.0. The van der Waals surface area contributed by atoms with Crippen molar-refractivity contribution in [3.63, 3.8) is 0 Å². The summed E-state index contributed by atoms with van der Waals surface area (Å²) in [7, 11) is -4.09. The minimum atomic E-state index is -4.09. The number of H-pyrrole nitrogens is 1. The summed E-state index contributed by atoms with van der Waals surface area (Å²) in [5.74, 6) is -0.914. The molecule has 9 heteroatoms. The molecule has 4 N–H and O–H groups in total. The van der Waals surface area contributed by atoms with Crippen LogP contribution in [0.4, 0.5) is 10.1 Å². The van der Waals surface area contributed by atoms with E-state index in [2.05, 4.69) is 14.9 Å². The lowest BCUT2D eigenvalue weighted by Gasteiger charge is -2.10. The SMILES string of the molecule is NCc1cc(Cl)cc(S(=O)(=O)Nc2cn[nH]c2)c1F. The predicted molar refractivity (Wildman–Crippen MR) is 68.7 cm³/mol. The van der Waals surface area contributed by atoms with E-state index in [0.29, 0.717) is 0 Å². The highest BCUT2D eigenvalue weighted by Crippen LogP contribution is 2.25. The van der Waals surface area contributed by atoms with Gasteiger partial charge in [0.15, 0.2) is 0 Å². The van der Waals surface area contributed by atoms with Gasteiger partial charge in [0.1, 0.15) is 10.7 Å². The van der Waals surface area contributed by atoms with Gasteiger partial charge >= 0.3 is 0 Å². The molecule has 0 aliphatic carbocycles. The Labute approximate surface area is 113 Å². The first kappa shape index (κ1) is 13.8. The summed E-state index contributed by atoms with van der Waals surface area (Å²) in [6, 6.07) is 2.31. The standard InChI is InChI=1S/C10H10ClFN4O2S/c11-7-1-6(3-13)10(12)9(2-7)19(17,18)16-8-4-14-15-5-8/h1-2,4-5,16H,3,13H2,(H,14,15). The number of hydrogen-bond acceptors (Lipinski definition) is 4. The quantitative estimate of drug-likeness (QED) is 0.796. The molecular formula is C10H10ClFN4O2S. The van der Waals surface area contributed by atoms with Gasteiger partial charge in [0.25, 0.3) is 10.0 Å². The minimum absolute atomic E-state index is 0.0278. The summed E-state index contributed by atoms with van der Waals surface area (Å²) in [5.41, 5.74) is 5.56. The number of halogens is 2. The number of nitrogens with two attached hydrogens (primary N) is 1. The Morgan fingerprint density at radius 1 is 1.47 bits per heavy atom. The number of hydrogen-bond donors (Lipinski definition) is 3. The summed E-state index contributed by atoms with van der Waals surface area (Å²) in [5, 5.41) is 6.11. The van der Waals surface area contributed by atoms with Crippen LogP contribution < -0.4 is 10.5 Å². The molecule has 0 amide bonds. The zero-order chi connectivity index (χ0) is 14.0. The van der Waals surface area contributed by atoms with Gasteiger partial charge < -0.3 is 5.73 Å². The molecule has 0 unspecified atom stereocenters. The first-order valence-corrected chi connectivity index (χ1v) is 7.00. The number of sulfonamides is 1. The largest absolute Gasteiger partial charge is 0.326 e. The third kappa shape index (κ3) is 2.86. The molecule has 0 bridgehead atoms. The summed E-state index contributed by atoms with van der Waals surface area (Å²) in [6.45, 7) is -0.152. The first-order valence-electron chi connectivity index (χ1n) is 5.13. The number of aromatic amines is 1. The van der Waals surface area contributed by atoms with Gasteiger partial charge in [0.05, 0.1) is 11.9 Å². The maximum Gasteiger partial charge on any atom is 0.264 e. The van der Waals surface area contributed by atoms with Gasteiger partial charge in [0.2, 0.25) is 0 Å². The average molecular weight is 305 g/mol. The molecular weight excluding hydrogens is 295 g/mol. The van der Waals surface area contributed by atoms with Gasteiger partial charge in [-0.2, -0.15) is 5.10 Å². The fourth-order valence-corrected chi connectivity index (χ4v) is 2.97. The second-order valence-electron chi connectivity index (χ2n) is 3.67. The van der Waals surface area contributed by atoms with Gasteiger partial charge in [0, 0.05) is 23.3 Å². The summed E-state index contributed by atoms with van der Waals surface area (Å²) in [6.07, 6.45) is 2.58. The normalized spacial score (nSPS) is 11.5. The maximum atomic E-state index is 14.0. The zero-order valence-electron chi connectivity index (χ0n) is 9.52. The van der Waals surface area contributed by atoms with Crippen LogP contribution >= 0.6 is 11.6 Å². The minimum Gasteiger partial charge on any atom is -0.326 e. The van der Waals surface area contributed by atoms with Crippen LogP contribution in [-0.2, 0) is 16.6 Å². The van der Waals surface area contributed by atoms with Gasteiger partial charge in [-0.3, -0.25) is 9.82 Å². The highest BCUT2D eigenvalue weighted by molar-refractivity contribution is 7.92. The van der Waals surface area contributed by atoms with E-state index < -0.39 is 20.7 Å². The molecule has 0 aliphatic heterocycles. The Hall–Kier alpha value is -1.64. The van der Waals surface area contributed by atoms with E-state index in [9.17, 15) is 12.8 Å². The highest BCUT2D eigenvalue weighted by atomic mass is 35.5. The fraction of sp³-hybridized carbons (Fsp3) is 0.100. The van der Waals surface area contributed by atoms with Crippen molar-refractivity contribution in [1.29, 1.82) is 0 Å². The van der Waals surface area contributed by atoms with E-state index in [0.717, 1.165) is 6.07 Å². The molecule has 0 saturated carbocycles. The molecule has 0 fully saturated rings. The second kappa shape index (κ2) is 5.16.